The standard InChI is InChI=1S/C15H27N3O4S/c1-4-17(5-2)13(19)10-16(3)14(20)11-23-12-15(21)18-6-8-22-9-7-18/h4-12H2,1-3H3. The molecule has 0 aromatic carbocycles. The highest BCUT2D eigenvalue weighted by Crippen LogP contribution is 2.06. The largest absolute Gasteiger partial charge is 0.378 e. The van der Waals surface area contributed by atoms with Crippen molar-refractivity contribution in [1.82, 2.24) is 14.7 Å². The lowest BCUT2D eigenvalue weighted by molar-refractivity contribution is -0.137. The zero-order valence-corrected chi connectivity index (χ0v) is 15.1. The Kier molecular flexibility index (Phi) is 9.01. The lowest BCUT2D eigenvalue weighted by Crippen LogP contribution is -2.42. The summed E-state index contributed by atoms with van der Waals surface area (Å²) in [6.07, 6.45) is 0. The van der Waals surface area contributed by atoms with E-state index in [1.807, 2.05) is 13.8 Å². The van der Waals surface area contributed by atoms with E-state index in [1.54, 1.807) is 16.8 Å². The van der Waals surface area contributed by atoms with E-state index in [2.05, 4.69) is 0 Å². The van der Waals surface area contributed by atoms with Gasteiger partial charge in [-0.3, -0.25) is 14.4 Å². The third-order valence-corrected chi connectivity index (χ3v) is 4.63. The summed E-state index contributed by atoms with van der Waals surface area (Å²) in [6.45, 7) is 7.57. The fourth-order valence-corrected chi connectivity index (χ4v) is 3.06. The first-order valence-electron chi connectivity index (χ1n) is 7.94. The molecule has 1 aliphatic heterocycles. The predicted octanol–water partition coefficient (Wildman–Crippen LogP) is -0.0948. The highest BCUT2D eigenvalue weighted by Gasteiger charge is 2.19. The quantitative estimate of drug-likeness (QED) is 0.615. The second-order valence-corrected chi connectivity index (χ2v) is 6.29. The molecule has 1 heterocycles. The van der Waals surface area contributed by atoms with Crippen LogP contribution in [0.3, 0.4) is 0 Å². The molecule has 3 amide bonds. The maximum absolute atomic E-state index is 12.0. The second kappa shape index (κ2) is 10.5. The minimum absolute atomic E-state index is 0.0352. The summed E-state index contributed by atoms with van der Waals surface area (Å²) in [7, 11) is 1.62. The van der Waals surface area contributed by atoms with E-state index in [9.17, 15) is 14.4 Å². The lowest BCUT2D eigenvalue weighted by Gasteiger charge is -2.26. The molecule has 1 rings (SSSR count). The number of carbonyl (C=O) groups is 3. The fraction of sp³-hybridized carbons (Fsp3) is 0.800. The molecule has 1 saturated heterocycles. The number of ether oxygens (including phenoxy) is 1. The normalized spacial score (nSPS) is 14.5. The molecule has 7 nitrogen and oxygen atoms in total. The monoisotopic (exact) mass is 345 g/mol. The topological polar surface area (TPSA) is 70.2 Å². The van der Waals surface area contributed by atoms with Gasteiger partial charge in [-0.25, -0.2) is 0 Å². The molecular weight excluding hydrogens is 318 g/mol. The summed E-state index contributed by atoms with van der Waals surface area (Å²) in [5, 5.41) is 0. The molecule has 1 aliphatic rings. The number of thioether (sulfide) groups is 1. The van der Waals surface area contributed by atoms with Crippen LogP contribution in [0.4, 0.5) is 0 Å². The Bertz CT molecular complexity index is 410. The van der Waals surface area contributed by atoms with E-state index in [1.165, 1.54) is 16.7 Å². The van der Waals surface area contributed by atoms with Crippen LogP contribution >= 0.6 is 11.8 Å². The van der Waals surface area contributed by atoms with Crippen molar-refractivity contribution in [3.05, 3.63) is 0 Å². The molecule has 132 valence electrons. The van der Waals surface area contributed by atoms with Gasteiger partial charge in [-0.05, 0) is 13.8 Å². The van der Waals surface area contributed by atoms with Gasteiger partial charge in [0.25, 0.3) is 0 Å². The van der Waals surface area contributed by atoms with Crippen molar-refractivity contribution >= 4 is 29.5 Å². The van der Waals surface area contributed by atoms with Crippen molar-refractivity contribution in [2.75, 3.05) is 64.5 Å². The van der Waals surface area contributed by atoms with Crippen molar-refractivity contribution in [1.29, 1.82) is 0 Å². The second-order valence-electron chi connectivity index (χ2n) is 5.30. The van der Waals surface area contributed by atoms with Crippen molar-refractivity contribution in [3.63, 3.8) is 0 Å². The van der Waals surface area contributed by atoms with Crippen molar-refractivity contribution in [2.24, 2.45) is 0 Å². The Balaban J connectivity index is 2.26. The molecule has 0 aromatic rings. The average Bonchev–Trinajstić information content (AvgIpc) is 2.56. The van der Waals surface area contributed by atoms with E-state index in [4.69, 9.17) is 4.74 Å². The predicted molar refractivity (Wildman–Crippen MR) is 90.3 cm³/mol. The van der Waals surface area contributed by atoms with E-state index in [0.29, 0.717) is 39.4 Å². The molecule has 8 heteroatoms. The Hall–Kier alpha value is -1.28. The maximum Gasteiger partial charge on any atom is 0.242 e. The average molecular weight is 345 g/mol. The number of hydrogen-bond acceptors (Lipinski definition) is 5. The van der Waals surface area contributed by atoms with E-state index >= 15 is 0 Å². The van der Waals surface area contributed by atoms with Gasteiger partial charge in [0.1, 0.15) is 0 Å². The van der Waals surface area contributed by atoms with E-state index in [-0.39, 0.29) is 35.8 Å². The van der Waals surface area contributed by atoms with Crippen molar-refractivity contribution < 1.29 is 19.1 Å². The van der Waals surface area contributed by atoms with Gasteiger partial charge in [-0.2, -0.15) is 0 Å². The Morgan fingerprint density at radius 3 is 2.22 bits per heavy atom. The zero-order valence-electron chi connectivity index (χ0n) is 14.2. The molecule has 0 unspecified atom stereocenters. The first-order chi connectivity index (χ1) is 11.0. The van der Waals surface area contributed by atoms with Crippen LogP contribution in [0.2, 0.25) is 0 Å². The van der Waals surface area contributed by atoms with Gasteiger partial charge in [0.05, 0.1) is 31.3 Å². The lowest BCUT2D eigenvalue weighted by atomic mass is 10.4. The van der Waals surface area contributed by atoms with Gasteiger partial charge < -0.3 is 19.4 Å². The highest BCUT2D eigenvalue weighted by molar-refractivity contribution is 8.00. The molecule has 0 aliphatic carbocycles. The minimum Gasteiger partial charge on any atom is -0.378 e. The number of carbonyl (C=O) groups excluding carboxylic acids is 3. The highest BCUT2D eigenvalue weighted by atomic mass is 32.2. The molecule has 23 heavy (non-hydrogen) atoms. The Morgan fingerprint density at radius 1 is 1.04 bits per heavy atom. The summed E-state index contributed by atoms with van der Waals surface area (Å²) < 4.78 is 5.20. The van der Waals surface area contributed by atoms with Crippen LogP contribution in [0.25, 0.3) is 0 Å². The summed E-state index contributed by atoms with van der Waals surface area (Å²) in [5.41, 5.74) is 0. The van der Waals surface area contributed by atoms with Crippen LogP contribution in [-0.4, -0.2) is 96.9 Å². The fourth-order valence-electron chi connectivity index (χ4n) is 2.21. The first kappa shape index (κ1) is 19.8. The molecule has 0 N–H and O–H groups in total. The van der Waals surface area contributed by atoms with Crippen LogP contribution in [-0.2, 0) is 19.1 Å². The number of amides is 3. The van der Waals surface area contributed by atoms with Gasteiger partial charge in [0.15, 0.2) is 0 Å². The molecule has 0 spiro atoms. The zero-order chi connectivity index (χ0) is 17.2. The summed E-state index contributed by atoms with van der Waals surface area (Å²) in [5.74, 6) is 0.334. The number of rotatable bonds is 8. The van der Waals surface area contributed by atoms with Gasteiger partial charge in [-0.15, -0.1) is 11.8 Å². The Morgan fingerprint density at radius 2 is 1.65 bits per heavy atom. The van der Waals surface area contributed by atoms with Gasteiger partial charge >= 0.3 is 0 Å². The number of nitrogens with zero attached hydrogens (tertiary/aromatic N) is 3. The Labute approximate surface area is 142 Å². The smallest absolute Gasteiger partial charge is 0.242 e. The molecule has 0 aromatic heterocycles. The summed E-state index contributed by atoms with van der Waals surface area (Å²) in [4.78, 5) is 40.8. The SMILES string of the molecule is CCN(CC)C(=O)CN(C)C(=O)CSCC(=O)N1CCOCC1. The molecule has 1 fully saturated rings. The number of hydrogen-bond donors (Lipinski definition) is 0. The molecule has 0 radical (unpaired) electrons. The third-order valence-electron chi connectivity index (χ3n) is 3.73. The summed E-state index contributed by atoms with van der Waals surface area (Å²) in [6, 6.07) is 0. The van der Waals surface area contributed by atoms with Crippen LogP contribution < -0.4 is 0 Å². The summed E-state index contributed by atoms with van der Waals surface area (Å²) >= 11 is 1.29. The van der Waals surface area contributed by atoms with Gasteiger partial charge in [0, 0.05) is 33.2 Å². The third kappa shape index (κ3) is 6.78. The molecule has 0 bridgehead atoms. The molecular formula is C15H27N3O4S. The van der Waals surface area contributed by atoms with Gasteiger partial charge in [0.2, 0.25) is 17.7 Å². The number of morpholine rings is 1. The van der Waals surface area contributed by atoms with Crippen LogP contribution in [0, 0.1) is 0 Å². The number of likely N-dealkylation sites (N-methyl/N-ethyl adjacent to an activating group) is 2. The maximum atomic E-state index is 12.0. The van der Waals surface area contributed by atoms with Gasteiger partial charge in [-0.1, -0.05) is 0 Å². The van der Waals surface area contributed by atoms with Crippen LogP contribution in [0.5, 0.6) is 0 Å². The van der Waals surface area contributed by atoms with Crippen molar-refractivity contribution in [2.45, 2.75) is 13.8 Å². The van der Waals surface area contributed by atoms with Crippen molar-refractivity contribution in [3.8, 4) is 0 Å². The van der Waals surface area contributed by atoms with E-state index < -0.39 is 0 Å². The molecule has 0 atom stereocenters. The molecule has 0 saturated carbocycles. The van der Waals surface area contributed by atoms with Crippen LogP contribution in [0.15, 0.2) is 0 Å². The minimum atomic E-state index is -0.134. The van der Waals surface area contributed by atoms with E-state index in [0.717, 1.165) is 0 Å². The van der Waals surface area contributed by atoms with Crippen LogP contribution in [0.1, 0.15) is 13.8 Å². The first-order valence-corrected chi connectivity index (χ1v) is 9.10.